The second-order valence-electron chi connectivity index (χ2n) is 3.00. The maximum atomic E-state index is 4.18. The fourth-order valence-corrected chi connectivity index (χ4v) is 1.19. The SMILES string of the molecule is CCCCNc1nccn2nnnc12. The molecule has 6 nitrogen and oxygen atoms in total. The van der Waals surface area contributed by atoms with Crippen LogP contribution in [0.25, 0.3) is 5.65 Å². The normalized spacial score (nSPS) is 10.6. The van der Waals surface area contributed by atoms with Gasteiger partial charge in [-0.25, -0.2) is 4.98 Å². The molecule has 0 unspecified atom stereocenters. The Morgan fingerprint density at radius 3 is 3.29 bits per heavy atom. The number of rotatable bonds is 4. The highest BCUT2D eigenvalue weighted by Gasteiger charge is 2.03. The van der Waals surface area contributed by atoms with Crippen LogP contribution < -0.4 is 5.32 Å². The lowest BCUT2D eigenvalue weighted by atomic mass is 10.3. The summed E-state index contributed by atoms with van der Waals surface area (Å²) in [5.74, 6) is 0.742. The average molecular weight is 192 g/mol. The topological polar surface area (TPSA) is 68.0 Å². The number of fused-ring (bicyclic) bond motifs is 1. The zero-order chi connectivity index (χ0) is 9.80. The predicted octanol–water partition coefficient (Wildman–Crippen LogP) is 0.731. The summed E-state index contributed by atoms with van der Waals surface area (Å²) in [6, 6.07) is 0. The summed E-state index contributed by atoms with van der Waals surface area (Å²) in [6.07, 6.45) is 5.67. The molecule has 0 spiro atoms. The Labute approximate surface area is 81.3 Å². The Balaban J connectivity index is 2.19. The molecule has 1 N–H and O–H groups in total. The maximum absolute atomic E-state index is 4.18. The van der Waals surface area contributed by atoms with Crippen LogP contribution in [-0.2, 0) is 0 Å². The van der Waals surface area contributed by atoms with Gasteiger partial charge in [-0.15, -0.1) is 5.10 Å². The highest BCUT2D eigenvalue weighted by atomic mass is 15.5. The number of anilines is 1. The molecule has 0 saturated carbocycles. The minimum absolute atomic E-state index is 0.670. The van der Waals surface area contributed by atoms with Crippen molar-refractivity contribution in [3.8, 4) is 0 Å². The van der Waals surface area contributed by atoms with Gasteiger partial charge in [0.2, 0.25) is 5.65 Å². The molecule has 0 atom stereocenters. The molecule has 2 aromatic heterocycles. The zero-order valence-electron chi connectivity index (χ0n) is 8.01. The minimum atomic E-state index is 0.670. The van der Waals surface area contributed by atoms with Gasteiger partial charge in [-0.1, -0.05) is 13.3 Å². The molecule has 0 fully saturated rings. The molecule has 0 amide bonds. The smallest absolute Gasteiger partial charge is 0.221 e. The van der Waals surface area contributed by atoms with E-state index in [-0.39, 0.29) is 0 Å². The van der Waals surface area contributed by atoms with Crippen LogP contribution in [0, 0.1) is 0 Å². The predicted molar refractivity (Wildman–Crippen MR) is 52.0 cm³/mol. The summed E-state index contributed by atoms with van der Waals surface area (Å²) in [5.41, 5.74) is 0.670. The molecule has 0 radical (unpaired) electrons. The van der Waals surface area contributed by atoms with Crippen molar-refractivity contribution in [2.75, 3.05) is 11.9 Å². The molecule has 0 aliphatic rings. The van der Waals surface area contributed by atoms with Gasteiger partial charge in [0.15, 0.2) is 5.82 Å². The van der Waals surface area contributed by atoms with E-state index < -0.39 is 0 Å². The lowest BCUT2D eigenvalue weighted by Gasteiger charge is -2.03. The van der Waals surface area contributed by atoms with E-state index >= 15 is 0 Å². The van der Waals surface area contributed by atoms with Gasteiger partial charge in [0.05, 0.1) is 6.20 Å². The molecular formula is C8H12N6. The van der Waals surface area contributed by atoms with E-state index in [1.165, 1.54) is 0 Å². The highest BCUT2D eigenvalue weighted by molar-refractivity contribution is 5.60. The van der Waals surface area contributed by atoms with Gasteiger partial charge < -0.3 is 5.32 Å². The fourth-order valence-electron chi connectivity index (χ4n) is 1.19. The second kappa shape index (κ2) is 3.99. The number of hydrogen-bond donors (Lipinski definition) is 1. The molecule has 2 rings (SSSR count). The van der Waals surface area contributed by atoms with E-state index in [0.29, 0.717) is 5.65 Å². The van der Waals surface area contributed by atoms with Crippen LogP contribution in [0.2, 0.25) is 0 Å². The number of tetrazole rings is 1. The Hall–Kier alpha value is -1.72. The van der Waals surface area contributed by atoms with E-state index in [1.54, 1.807) is 16.9 Å². The third-order valence-electron chi connectivity index (χ3n) is 1.94. The van der Waals surface area contributed by atoms with Gasteiger partial charge in [0.25, 0.3) is 0 Å². The first-order valence-corrected chi connectivity index (χ1v) is 4.68. The molecule has 2 heterocycles. The maximum Gasteiger partial charge on any atom is 0.221 e. The Kier molecular flexibility index (Phi) is 2.53. The first kappa shape index (κ1) is 8.86. The Morgan fingerprint density at radius 1 is 1.50 bits per heavy atom. The zero-order valence-corrected chi connectivity index (χ0v) is 8.01. The minimum Gasteiger partial charge on any atom is -0.367 e. The third-order valence-corrected chi connectivity index (χ3v) is 1.94. The number of hydrogen-bond acceptors (Lipinski definition) is 5. The van der Waals surface area contributed by atoms with Crippen molar-refractivity contribution < 1.29 is 0 Å². The van der Waals surface area contributed by atoms with Crippen LogP contribution in [0.15, 0.2) is 12.4 Å². The summed E-state index contributed by atoms with van der Waals surface area (Å²) in [5, 5.41) is 14.4. The van der Waals surface area contributed by atoms with Crippen LogP contribution in [0.3, 0.4) is 0 Å². The van der Waals surface area contributed by atoms with Crippen LogP contribution in [0.4, 0.5) is 5.82 Å². The molecule has 0 aromatic carbocycles. The molecule has 6 heteroatoms. The van der Waals surface area contributed by atoms with Crippen LogP contribution in [-0.4, -0.2) is 31.6 Å². The Morgan fingerprint density at radius 2 is 2.43 bits per heavy atom. The molecule has 0 bridgehead atoms. The molecule has 0 saturated heterocycles. The number of nitrogens with zero attached hydrogens (tertiary/aromatic N) is 5. The molecule has 2 aromatic rings. The van der Waals surface area contributed by atoms with E-state index in [2.05, 4.69) is 32.7 Å². The van der Waals surface area contributed by atoms with E-state index in [0.717, 1.165) is 25.2 Å². The molecule has 74 valence electrons. The van der Waals surface area contributed by atoms with Crippen molar-refractivity contribution in [3.05, 3.63) is 12.4 Å². The summed E-state index contributed by atoms with van der Waals surface area (Å²) in [7, 11) is 0. The van der Waals surface area contributed by atoms with Crippen LogP contribution in [0.5, 0.6) is 0 Å². The van der Waals surface area contributed by atoms with Gasteiger partial charge in [0.1, 0.15) is 0 Å². The lowest BCUT2D eigenvalue weighted by molar-refractivity contribution is 0.816. The van der Waals surface area contributed by atoms with Crippen molar-refractivity contribution in [3.63, 3.8) is 0 Å². The van der Waals surface area contributed by atoms with E-state index in [4.69, 9.17) is 0 Å². The average Bonchev–Trinajstić information content (AvgIpc) is 2.67. The molecule has 14 heavy (non-hydrogen) atoms. The van der Waals surface area contributed by atoms with Crippen molar-refractivity contribution in [2.24, 2.45) is 0 Å². The molecule has 0 aliphatic heterocycles. The van der Waals surface area contributed by atoms with Crippen LogP contribution in [0.1, 0.15) is 19.8 Å². The van der Waals surface area contributed by atoms with Gasteiger partial charge in [0, 0.05) is 12.7 Å². The fraction of sp³-hybridized carbons (Fsp3) is 0.500. The van der Waals surface area contributed by atoms with Gasteiger partial charge >= 0.3 is 0 Å². The first-order valence-electron chi connectivity index (χ1n) is 4.68. The van der Waals surface area contributed by atoms with Gasteiger partial charge in [-0.2, -0.15) is 4.52 Å². The molecule has 0 aliphatic carbocycles. The monoisotopic (exact) mass is 192 g/mol. The van der Waals surface area contributed by atoms with Crippen molar-refractivity contribution in [1.29, 1.82) is 0 Å². The first-order chi connectivity index (χ1) is 6.92. The number of unbranched alkanes of at least 4 members (excludes halogenated alkanes) is 1. The quantitative estimate of drug-likeness (QED) is 0.723. The largest absolute Gasteiger partial charge is 0.367 e. The van der Waals surface area contributed by atoms with Crippen molar-refractivity contribution in [1.82, 2.24) is 25.0 Å². The summed E-state index contributed by atoms with van der Waals surface area (Å²) in [4.78, 5) is 4.18. The highest BCUT2D eigenvalue weighted by Crippen LogP contribution is 2.08. The second-order valence-corrected chi connectivity index (χ2v) is 3.00. The van der Waals surface area contributed by atoms with Gasteiger partial charge in [-0.3, -0.25) is 0 Å². The Bertz CT molecular complexity index is 409. The standard InChI is InChI=1S/C8H12N6/c1-2-3-4-9-7-8-11-12-13-14(8)6-5-10-7/h5-6H,2-4H2,1H3,(H,9,10). The third kappa shape index (κ3) is 1.63. The number of nitrogens with one attached hydrogen (secondary N) is 1. The van der Waals surface area contributed by atoms with Crippen molar-refractivity contribution >= 4 is 11.5 Å². The number of aromatic nitrogens is 5. The summed E-state index contributed by atoms with van der Waals surface area (Å²) in [6.45, 7) is 3.05. The van der Waals surface area contributed by atoms with Crippen molar-refractivity contribution in [2.45, 2.75) is 19.8 Å². The van der Waals surface area contributed by atoms with E-state index in [9.17, 15) is 0 Å². The van der Waals surface area contributed by atoms with E-state index in [1.807, 2.05) is 0 Å². The van der Waals surface area contributed by atoms with Gasteiger partial charge in [-0.05, 0) is 16.8 Å². The molecular weight excluding hydrogens is 180 g/mol. The van der Waals surface area contributed by atoms with Crippen LogP contribution >= 0.6 is 0 Å². The summed E-state index contributed by atoms with van der Waals surface area (Å²) >= 11 is 0. The lowest BCUT2D eigenvalue weighted by Crippen LogP contribution is -2.05. The summed E-state index contributed by atoms with van der Waals surface area (Å²) < 4.78 is 1.60.